The Morgan fingerprint density at radius 3 is 2.33 bits per heavy atom. The molecule has 5 N–H and O–H groups in total. The Labute approximate surface area is 236 Å². The van der Waals surface area contributed by atoms with Crippen molar-refractivity contribution in [1.29, 1.82) is 0 Å². The van der Waals surface area contributed by atoms with Crippen LogP contribution in [0.15, 0.2) is 42.5 Å². The molecule has 1 fully saturated rings. The molecule has 0 bridgehead atoms. The summed E-state index contributed by atoms with van der Waals surface area (Å²) in [7, 11) is -2.26. The van der Waals surface area contributed by atoms with Gasteiger partial charge < -0.3 is 30.5 Å². The van der Waals surface area contributed by atoms with Gasteiger partial charge in [-0.3, -0.25) is 9.52 Å². The largest absolute Gasteiger partial charge is 0.506 e. The fourth-order valence-corrected chi connectivity index (χ4v) is 5.24. The van der Waals surface area contributed by atoms with E-state index in [4.69, 9.17) is 4.74 Å². The van der Waals surface area contributed by atoms with Crippen molar-refractivity contribution in [2.24, 2.45) is 5.92 Å². The Morgan fingerprint density at radius 1 is 1.10 bits per heavy atom. The Kier molecular flexibility index (Phi) is 10.8. The highest BCUT2D eigenvalue weighted by Gasteiger charge is 2.24. The number of methoxy groups -OCH3 is 1. The smallest absolute Gasteiger partial charge is 0.328 e. The van der Waals surface area contributed by atoms with Gasteiger partial charge in [0.05, 0.1) is 25.2 Å². The maximum atomic E-state index is 12.7. The van der Waals surface area contributed by atoms with Crippen LogP contribution in [0.25, 0.3) is 0 Å². The number of aliphatic hydroxyl groups is 1. The minimum absolute atomic E-state index is 0.0229. The first-order valence-electron chi connectivity index (χ1n) is 13.3. The summed E-state index contributed by atoms with van der Waals surface area (Å²) in [6, 6.07) is 11.1. The van der Waals surface area contributed by atoms with Crippen LogP contribution >= 0.6 is 0 Å². The molecule has 0 saturated carbocycles. The van der Waals surface area contributed by atoms with Gasteiger partial charge in [0, 0.05) is 36.9 Å². The topological polar surface area (TPSA) is 157 Å². The number of piperidine rings is 1. The first kappa shape index (κ1) is 31.2. The Balaban J connectivity index is 1.49. The van der Waals surface area contributed by atoms with Crippen molar-refractivity contribution >= 4 is 33.3 Å². The van der Waals surface area contributed by atoms with Crippen LogP contribution in [0.4, 0.5) is 11.4 Å². The van der Waals surface area contributed by atoms with Gasteiger partial charge in [-0.05, 0) is 67.1 Å². The summed E-state index contributed by atoms with van der Waals surface area (Å²) in [5, 5.41) is 26.7. The quantitative estimate of drug-likeness (QED) is 0.189. The average Bonchev–Trinajstić information content (AvgIpc) is 2.91. The fraction of sp³-hybridized carbons (Fsp3) is 0.500. The van der Waals surface area contributed by atoms with Crippen molar-refractivity contribution in [3.63, 3.8) is 0 Å². The number of ether oxygens (including phenoxy) is 1. The molecule has 11 nitrogen and oxygen atoms in total. The maximum absolute atomic E-state index is 12.7. The predicted octanol–water partition coefficient (Wildman–Crippen LogP) is 2.37. The lowest BCUT2D eigenvalue weighted by molar-refractivity contribution is -0.143. The Bertz CT molecular complexity index is 1260. The molecule has 0 spiro atoms. The third kappa shape index (κ3) is 9.10. The second-order valence-electron chi connectivity index (χ2n) is 10.6. The molecule has 40 heavy (non-hydrogen) atoms. The number of esters is 1. The zero-order valence-electron chi connectivity index (χ0n) is 23.4. The third-order valence-electron chi connectivity index (χ3n) is 6.79. The molecule has 3 rings (SSSR count). The van der Waals surface area contributed by atoms with E-state index in [0.717, 1.165) is 37.9 Å². The standard InChI is InChI=1S/C28H40N4O7S/c1-18(2)15-24(28(36)39-3)30-27(35)19-5-8-22(9-6-19)32-13-11-21(12-14-32)29-17-26(34)20-7-10-25(33)23(16-20)31-40(4,37)38/h5-10,16,18,21,24,26,29,31,33-34H,11-15,17H2,1-4H3,(H,30,35)/t24-,26?/m0/s1. The van der Waals surface area contributed by atoms with E-state index >= 15 is 0 Å². The molecule has 1 saturated heterocycles. The molecule has 2 atom stereocenters. The van der Waals surface area contributed by atoms with Crippen LogP contribution in [0.1, 0.15) is 55.1 Å². The van der Waals surface area contributed by atoms with Crippen molar-refractivity contribution in [1.82, 2.24) is 10.6 Å². The van der Waals surface area contributed by atoms with Crippen molar-refractivity contribution in [3.05, 3.63) is 53.6 Å². The first-order valence-corrected chi connectivity index (χ1v) is 15.2. The number of rotatable bonds is 12. The van der Waals surface area contributed by atoms with Crippen LogP contribution in [-0.2, 0) is 19.6 Å². The lowest BCUT2D eigenvalue weighted by Crippen LogP contribution is -2.43. The number of hydrogen-bond donors (Lipinski definition) is 5. The molecule has 220 valence electrons. The van der Waals surface area contributed by atoms with Crippen molar-refractivity contribution in [2.45, 2.75) is 51.3 Å². The summed E-state index contributed by atoms with van der Waals surface area (Å²) in [4.78, 5) is 27.0. The van der Waals surface area contributed by atoms with Crippen LogP contribution in [-0.4, -0.2) is 75.6 Å². The van der Waals surface area contributed by atoms with E-state index in [1.807, 2.05) is 26.0 Å². The molecular weight excluding hydrogens is 536 g/mol. The number of amides is 1. The van der Waals surface area contributed by atoms with E-state index < -0.39 is 28.1 Å². The summed E-state index contributed by atoms with van der Waals surface area (Å²) >= 11 is 0. The maximum Gasteiger partial charge on any atom is 0.328 e. The monoisotopic (exact) mass is 576 g/mol. The molecule has 2 aromatic rings. The SMILES string of the molecule is COC(=O)[C@H](CC(C)C)NC(=O)c1ccc(N2CCC(NCC(O)c3ccc(O)c(NS(C)(=O)=O)c3)CC2)cc1. The van der Waals surface area contributed by atoms with E-state index in [-0.39, 0.29) is 35.8 Å². The molecule has 1 heterocycles. The second kappa shape index (κ2) is 13.8. The van der Waals surface area contributed by atoms with Crippen molar-refractivity contribution in [3.8, 4) is 5.75 Å². The molecule has 1 unspecified atom stereocenters. The molecular formula is C28H40N4O7S. The normalized spacial score (nSPS) is 15.9. The number of aromatic hydroxyl groups is 1. The molecule has 12 heteroatoms. The zero-order chi connectivity index (χ0) is 29.4. The van der Waals surface area contributed by atoms with Gasteiger partial charge in [-0.1, -0.05) is 19.9 Å². The number of hydrogen-bond acceptors (Lipinski definition) is 9. The Hall–Kier alpha value is -3.35. The number of carbonyl (C=O) groups excluding carboxylic acids is 2. The number of nitrogens with zero attached hydrogens (tertiary/aromatic N) is 1. The third-order valence-corrected chi connectivity index (χ3v) is 7.38. The molecule has 0 aromatic heterocycles. The minimum Gasteiger partial charge on any atom is -0.506 e. The lowest BCUT2D eigenvalue weighted by atomic mass is 10.0. The molecule has 0 aliphatic carbocycles. The number of phenols is 1. The number of carbonyl (C=O) groups is 2. The summed E-state index contributed by atoms with van der Waals surface area (Å²) < 4.78 is 30.1. The van der Waals surface area contributed by atoms with E-state index in [1.54, 1.807) is 18.2 Å². The number of benzene rings is 2. The summed E-state index contributed by atoms with van der Waals surface area (Å²) in [5.74, 6) is -0.777. The number of phenolic OH excluding ortho intramolecular Hbond substituents is 1. The van der Waals surface area contributed by atoms with Crippen LogP contribution in [0.5, 0.6) is 5.75 Å². The second-order valence-corrected chi connectivity index (χ2v) is 12.3. The van der Waals surface area contributed by atoms with Crippen LogP contribution in [0.3, 0.4) is 0 Å². The molecule has 1 aliphatic rings. The van der Waals surface area contributed by atoms with Gasteiger partial charge in [0.1, 0.15) is 11.8 Å². The minimum atomic E-state index is -3.57. The number of nitrogens with one attached hydrogen (secondary N) is 3. The van der Waals surface area contributed by atoms with Crippen molar-refractivity contribution in [2.75, 3.05) is 42.6 Å². The van der Waals surface area contributed by atoms with Crippen LogP contribution in [0, 0.1) is 5.92 Å². The molecule has 2 aromatic carbocycles. The highest BCUT2D eigenvalue weighted by atomic mass is 32.2. The lowest BCUT2D eigenvalue weighted by Gasteiger charge is -2.34. The number of anilines is 2. The predicted molar refractivity (Wildman–Crippen MR) is 154 cm³/mol. The molecule has 1 aliphatic heterocycles. The Morgan fingerprint density at radius 2 is 1.75 bits per heavy atom. The van der Waals surface area contributed by atoms with E-state index in [2.05, 4.69) is 20.3 Å². The average molecular weight is 577 g/mol. The van der Waals surface area contributed by atoms with E-state index in [9.17, 15) is 28.2 Å². The van der Waals surface area contributed by atoms with Crippen LogP contribution < -0.4 is 20.3 Å². The number of sulfonamides is 1. The summed E-state index contributed by atoms with van der Waals surface area (Å²) in [5.41, 5.74) is 1.97. The van der Waals surface area contributed by atoms with Gasteiger partial charge in [0.15, 0.2) is 0 Å². The zero-order valence-corrected chi connectivity index (χ0v) is 24.2. The van der Waals surface area contributed by atoms with Gasteiger partial charge in [0.2, 0.25) is 10.0 Å². The fourth-order valence-electron chi connectivity index (χ4n) is 4.67. The van der Waals surface area contributed by atoms with E-state index in [1.165, 1.54) is 19.2 Å². The molecule has 1 amide bonds. The highest BCUT2D eigenvalue weighted by molar-refractivity contribution is 7.92. The van der Waals surface area contributed by atoms with Gasteiger partial charge >= 0.3 is 5.97 Å². The van der Waals surface area contributed by atoms with E-state index in [0.29, 0.717) is 17.5 Å². The highest BCUT2D eigenvalue weighted by Crippen LogP contribution is 2.28. The molecule has 0 radical (unpaired) electrons. The first-order chi connectivity index (χ1) is 18.9. The summed E-state index contributed by atoms with van der Waals surface area (Å²) in [6.45, 7) is 5.81. The number of aliphatic hydroxyl groups excluding tert-OH is 1. The summed E-state index contributed by atoms with van der Waals surface area (Å²) in [6.07, 6.45) is 2.30. The van der Waals surface area contributed by atoms with Gasteiger partial charge in [-0.15, -0.1) is 0 Å². The van der Waals surface area contributed by atoms with Crippen LogP contribution in [0.2, 0.25) is 0 Å². The van der Waals surface area contributed by atoms with Gasteiger partial charge in [-0.25, -0.2) is 13.2 Å². The van der Waals surface area contributed by atoms with Gasteiger partial charge in [0.25, 0.3) is 5.91 Å². The van der Waals surface area contributed by atoms with Gasteiger partial charge in [-0.2, -0.15) is 0 Å². The van der Waals surface area contributed by atoms with Crippen molar-refractivity contribution < 1.29 is 33.0 Å².